The third-order valence-corrected chi connectivity index (χ3v) is 3.38. The van der Waals surface area contributed by atoms with E-state index in [4.69, 9.17) is 10.5 Å². The molecule has 2 N–H and O–H groups in total. The Morgan fingerprint density at radius 2 is 2.00 bits per heavy atom. The molecule has 21 heavy (non-hydrogen) atoms. The van der Waals surface area contributed by atoms with E-state index < -0.39 is 0 Å². The molecule has 0 fully saturated rings. The van der Waals surface area contributed by atoms with E-state index in [1.807, 2.05) is 24.3 Å². The second kappa shape index (κ2) is 7.24. The maximum absolute atomic E-state index is 12.1. The van der Waals surface area contributed by atoms with Gasteiger partial charge < -0.3 is 10.5 Å². The zero-order chi connectivity index (χ0) is 15.2. The number of ether oxygens (including phenoxy) is 1. The normalized spacial score (nSPS) is 10.6. The van der Waals surface area contributed by atoms with Crippen LogP contribution in [0.3, 0.4) is 0 Å². The summed E-state index contributed by atoms with van der Waals surface area (Å²) in [7, 11) is 0. The molecule has 112 valence electrons. The molecule has 2 aromatic rings. The molecular formula is C14H16BrN3O3. The first kappa shape index (κ1) is 15.5. The Labute approximate surface area is 129 Å². The van der Waals surface area contributed by atoms with E-state index in [1.54, 1.807) is 0 Å². The van der Waals surface area contributed by atoms with E-state index >= 15 is 0 Å². The van der Waals surface area contributed by atoms with Crippen molar-refractivity contribution in [3.63, 3.8) is 0 Å². The van der Waals surface area contributed by atoms with Crippen LogP contribution in [0.2, 0.25) is 0 Å². The van der Waals surface area contributed by atoms with E-state index in [2.05, 4.69) is 15.9 Å². The number of nitrogens with two attached hydrogens (primary N) is 1. The van der Waals surface area contributed by atoms with Gasteiger partial charge in [0.2, 0.25) is 0 Å². The fraction of sp³-hybridized carbons (Fsp3) is 0.286. The molecule has 0 aliphatic heterocycles. The summed E-state index contributed by atoms with van der Waals surface area (Å²) in [5, 5.41) is 0. The zero-order valence-electron chi connectivity index (χ0n) is 11.4. The van der Waals surface area contributed by atoms with Gasteiger partial charge >= 0.3 is 5.69 Å². The number of hydrogen-bond donors (Lipinski definition) is 1. The van der Waals surface area contributed by atoms with Gasteiger partial charge in [0.25, 0.3) is 5.56 Å². The Morgan fingerprint density at radius 1 is 1.19 bits per heavy atom. The fourth-order valence-corrected chi connectivity index (χ4v) is 2.26. The minimum Gasteiger partial charge on any atom is -0.492 e. The average molecular weight is 354 g/mol. The van der Waals surface area contributed by atoms with Gasteiger partial charge in [-0.3, -0.25) is 13.9 Å². The third kappa shape index (κ3) is 4.05. The summed E-state index contributed by atoms with van der Waals surface area (Å²) >= 11 is 3.36. The van der Waals surface area contributed by atoms with Gasteiger partial charge in [-0.1, -0.05) is 22.0 Å². The molecule has 0 bridgehead atoms. The van der Waals surface area contributed by atoms with Crippen LogP contribution in [-0.4, -0.2) is 22.3 Å². The van der Waals surface area contributed by atoms with Crippen molar-refractivity contribution in [2.45, 2.75) is 13.1 Å². The monoisotopic (exact) mass is 353 g/mol. The van der Waals surface area contributed by atoms with Crippen molar-refractivity contribution in [2.24, 2.45) is 5.73 Å². The van der Waals surface area contributed by atoms with Crippen molar-refractivity contribution in [3.05, 3.63) is 61.8 Å². The summed E-state index contributed by atoms with van der Waals surface area (Å²) in [5.74, 6) is 0.715. The van der Waals surface area contributed by atoms with Crippen molar-refractivity contribution in [2.75, 3.05) is 13.2 Å². The van der Waals surface area contributed by atoms with Crippen molar-refractivity contribution in [1.82, 2.24) is 9.13 Å². The lowest BCUT2D eigenvalue weighted by Crippen LogP contribution is -2.41. The van der Waals surface area contributed by atoms with Gasteiger partial charge in [0, 0.05) is 29.8 Å². The van der Waals surface area contributed by atoms with Gasteiger partial charge in [-0.05, 0) is 18.2 Å². The number of benzene rings is 1. The molecule has 1 aromatic heterocycles. The van der Waals surface area contributed by atoms with Crippen LogP contribution in [0, 0.1) is 0 Å². The van der Waals surface area contributed by atoms with Crippen LogP contribution in [0.1, 0.15) is 0 Å². The number of aromatic nitrogens is 2. The van der Waals surface area contributed by atoms with Crippen molar-refractivity contribution < 1.29 is 4.74 Å². The number of rotatable bonds is 6. The highest BCUT2D eigenvalue weighted by Gasteiger charge is 2.04. The highest BCUT2D eigenvalue weighted by atomic mass is 79.9. The molecule has 0 unspecified atom stereocenters. The quantitative estimate of drug-likeness (QED) is 0.833. The number of halogens is 1. The van der Waals surface area contributed by atoms with Crippen molar-refractivity contribution >= 4 is 15.9 Å². The zero-order valence-corrected chi connectivity index (χ0v) is 13.0. The first-order chi connectivity index (χ1) is 10.1. The molecule has 1 aromatic carbocycles. The van der Waals surface area contributed by atoms with E-state index in [1.165, 1.54) is 16.8 Å². The maximum Gasteiger partial charge on any atom is 0.331 e. The molecule has 7 heteroatoms. The molecule has 0 saturated heterocycles. The molecule has 0 aliphatic rings. The van der Waals surface area contributed by atoms with Gasteiger partial charge in [0.1, 0.15) is 12.4 Å². The lowest BCUT2D eigenvalue weighted by molar-refractivity contribution is 0.293. The fourth-order valence-electron chi connectivity index (χ4n) is 1.88. The molecule has 0 radical (unpaired) electrons. The van der Waals surface area contributed by atoms with Crippen LogP contribution in [0.5, 0.6) is 5.75 Å². The van der Waals surface area contributed by atoms with Gasteiger partial charge in [0.15, 0.2) is 0 Å². The molecular weight excluding hydrogens is 338 g/mol. The molecule has 0 saturated carbocycles. The Morgan fingerprint density at radius 3 is 2.71 bits per heavy atom. The van der Waals surface area contributed by atoms with E-state index in [0.717, 1.165) is 9.04 Å². The minimum atomic E-state index is -0.370. The average Bonchev–Trinajstić information content (AvgIpc) is 2.46. The summed E-state index contributed by atoms with van der Waals surface area (Å²) in [5.41, 5.74) is 4.69. The van der Waals surface area contributed by atoms with Crippen LogP contribution < -0.4 is 21.7 Å². The first-order valence-electron chi connectivity index (χ1n) is 6.50. The summed E-state index contributed by atoms with van der Waals surface area (Å²) in [6, 6.07) is 8.81. The van der Waals surface area contributed by atoms with Crippen LogP contribution in [-0.2, 0) is 13.1 Å². The highest BCUT2D eigenvalue weighted by molar-refractivity contribution is 9.10. The summed E-state index contributed by atoms with van der Waals surface area (Å²) < 4.78 is 9.06. The maximum atomic E-state index is 12.1. The molecule has 2 rings (SSSR count). The second-order valence-corrected chi connectivity index (χ2v) is 5.29. The van der Waals surface area contributed by atoms with Crippen molar-refractivity contribution in [1.29, 1.82) is 0 Å². The predicted molar refractivity (Wildman–Crippen MR) is 83.7 cm³/mol. The topological polar surface area (TPSA) is 79.2 Å². The van der Waals surface area contributed by atoms with Crippen LogP contribution >= 0.6 is 15.9 Å². The minimum absolute atomic E-state index is 0.213. The summed E-state index contributed by atoms with van der Waals surface area (Å²) in [6.45, 7) is 1.14. The first-order valence-corrected chi connectivity index (χ1v) is 7.30. The lowest BCUT2D eigenvalue weighted by atomic mass is 10.3. The molecule has 0 amide bonds. The standard InChI is InChI=1S/C14H16BrN3O3/c15-11-2-1-3-12(10-11)21-9-8-17-6-4-13(19)18(7-5-16)14(17)20/h1-4,6,10H,5,7-9,16H2. The number of hydrogen-bond acceptors (Lipinski definition) is 4. The molecule has 6 nitrogen and oxygen atoms in total. The van der Waals surface area contributed by atoms with E-state index in [0.29, 0.717) is 18.9 Å². The second-order valence-electron chi connectivity index (χ2n) is 4.38. The Hall–Kier alpha value is -1.86. The van der Waals surface area contributed by atoms with Crippen LogP contribution in [0.15, 0.2) is 50.6 Å². The van der Waals surface area contributed by atoms with Gasteiger partial charge in [-0.2, -0.15) is 0 Å². The van der Waals surface area contributed by atoms with E-state index in [9.17, 15) is 9.59 Å². The van der Waals surface area contributed by atoms with Crippen LogP contribution in [0.25, 0.3) is 0 Å². The molecule has 1 heterocycles. The number of nitrogens with zero attached hydrogens (tertiary/aromatic N) is 2. The SMILES string of the molecule is NCCn1c(=O)ccn(CCOc2cccc(Br)c2)c1=O. The van der Waals surface area contributed by atoms with Gasteiger partial charge in [0.05, 0.1) is 6.54 Å². The van der Waals surface area contributed by atoms with Gasteiger partial charge in [-0.15, -0.1) is 0 Å². The molecule has 0 spiro atoms. The summed E-state index contributed by atoms with van der Waals surface area (Å²) in [6.07, 6.45) is 1.47. The highest BCUT2D eigenvalue weighted by Crippen LogP contribution is 2.17. The molecule has 0 atom stereocenters. The smallest absolute Gasteiger partial charge is 0.331 e. The Bertz CT molecular complexity index is 724. The molecule has 0 aliphatic carbocycles. The summed E-state index contributed by atoms with van der Waals surface area (Å²) in [4.78, 5) is 23.7. The largest absolute Gasteiger partial charge is 0.492 e. The predicted octanol–water partition coefficient (Wildman–Crippen LogP) is 0.810. The van der Waals surface area contributed by atoms with Gasteiger partial charge in [-0.25, -0.2) is 4.79 Å². The lowest BCUT2D eigenvalue weighted by Gasteiger charge is -2.10. The third-order valence-electron chi connectivity index (χ3n) is 2.89. The Balaban J connectivity index is 2.05. The van der Waals surface area contributed by atoms with Crippen LogP contribution in [0.4, 0.5) is 0 Å². The van der Waals surface area contributed by atoms with E-state index in [-0.39, 0.29) is 24.3 Å². The van der Waals surface area contributed by atoms with Crippen molar-refractivity contribution in [3.8, 4) is 5.75 Å². The Kier molecular flexibility index (Phi) is 5.35.